The molecule has 2 aliphatic carbocycles. The van der Waals surface area contributed by atoms with E-state index < -0.39 is 137 Å². The number of carbonyl (C=O) groups excluding carboxylic acids is 2. The molecule has 0 saturated heterocycles. The van der Waals surface area contributed by atoms with Gasteiger partial charge in [-0.05, 0) is 72.5 Å². The first-order valence-corrected chi connectivity index (χ1v) is 27.4. The molecule has 3 aromatic carbocycles. The van der Waals surface area contributed by atoms with Crippen LogP contribution in [0.4, 0.5) is 55.9 Å². The van der Waals surface area contributed by atoms with Crippen molar-refractivity contribution in [2.24, 2.45) is 13.0 Å². The van der Waals surface area contributed by atoms with Crippen molar-refractivity contribution in [2.75, 3.05) is 22.5 Å². The predicted octanol–water partition coefficient (Wildman–Crippen LogP) is 8.75. The maximum atomic E-state index is 15.7. The number of amides is 3. The number of fused-ring (bicyclic) bond motifs is 5. The number of rotatable bonds is 15. The van der Waals surface area contributed by atoms with Crippen LogP contribution in [-0.4, -0.2) is 82.5 Å². The second-order valence-corrected chi connectivity index (χ2v) is 22.4. The number of phosphoric acid groups is 1. The van der Waals surface area contributed by atoms with E-state index in [1.807, 2.05) is 0 Å². The third-order valence-electron chi connectivity index (χ3n) is 13.4. The molecule has 1 fully saturated rings. The van der Waals surface area contributed by atoms with Crippen molar-refractivity contribution in [3.63, 3.8) is 0 Å². The molecule has 2 aliphatic rings. The Morgan fingerprint density at radius 1 is 0.988 bits per heavy atom. The van der Waals surface area contributed by atoms with Crippen LogP contribution >= 0.6 is 19.4 Å². The fourth-order valence-corrected chi connectivity index (χ4v) is 11.4. The van der Waals surface area contributed by atoms with Crippen LogP contribution in [0.2, 0.25) is 5.02 Å². The standard InChI is InChI=1S/C49H38ClF9N11O9PS/c1-66(43-24(6-5-13-60-43)21-79-80(74,75)76)47(73)70(81(3,77)78)45-38-30(50)11-12-34(40(38)67(2)65-45)69-44(63-32-17-23(9-10-27(32)46(69)72)31-7-4-8-35(61-31)49(57,58)59)33(16-22-14-25(51)18-26(52)15-22)62-36(71)20-68-41-37(39(64-68)42(53)54)28-19-29(28)48(41,55)56/h4-15,17-18,28-29,33,42H,16,19-21H2,1-3H3,(H,62,71)(H2,74,75,76)/t28-,29+,33-/m0/s1. The summed E-state index contributed by atoms with van der Waals surface area (Å²) in [6.45, 7) is -1.98. The van der Waals surface area contributed by atoms with Crippen LogP contribution in [0.3, 0.4) is 0 Å². The van der Waals surface area contributed by atoms with Crippen molar-refractivity contribution < 1.29 is 76.4 Å². The molecule has 0 unspecified atom stereocenters. The Balaban J connectivity index is 1.18. The Kier molecular flexibility index (Phi) is 14.2. The highest BCUT2D eigenvalue weighted by atomic mass is 35.5. The summed E-state index contributed by atoms with van der Waals surface area (Å²) in [6.07, 6.45) is -7.25. The summed E-state index contributed by atoms with van der Waals surface area (Å²) in [4.78, 5) is 76.3. The highest BCUT2D eigenvalue weighted by molar-refractivity contribution is 7.92. The van der Waals surface area contributed by atoms with Crippen molar-refractivity contribution in [3.8, 4) is 16.9 Å². The van der Waals surface area contributed by atoms with Crippen molar-refractivity contribution in [2.45, 2.75) is 56.5 Å². The average molecular weight is 1190 g/mol. The van der Waals surface area contributed by atoms with E-state index in [0.29, 0.717) is 28.0 Å². The van der Waals surface area contributed by atoms with Crippen molar-refractivity contribution in [3.05, 3.63) is 152 Å². The van der Waals surface area contributed by atoms with Gasteiger partial charge in [-0.3, -0.25) is 32.9 Å². The summed E-state index contributed by atoms with van der Waals surface area (Å²) in [5.74, 6) is -11.1. The molecule has 0 aliphatic heterocycles. The van der Waals surface area contributed by atoms with E-state index in [4.69, 9.17) is 16.6 Å². The van der Waals surface area contributed by atoms with Gasteiger partial charge in [0, 0.05) is 55.4 Å². The number of anilines is 2. The topological polar surface area (TPSA) is 250 Å². The molecule has 3 N–H and O–H groups in total. The number of nitrogens with one attached hydrogen (secondary N) is 1. The monoisotopic (exact) mass is 1190 g/mol. The lowest BCUT2D eigenvalue weighted by atomic mass is 10.0. The Morgan fingerprint density at radius 2 is 1.70 bits per heavy atom. The van der Waals surface area contributed by atoms with Gasteiger partial charge in [0.1, 0.15) is 46.9 Å². The number of hydrogen-bond donors (Lipinski definition) is 3. The minimum atomic E-state index is -5.09. The molecule has 0 spiro atoms. The predicted molar refractivity (Wildman–Crippen MR) is 270 cm³/mol. The van der Waals surface area contributed by atoms with Crippen LogP contribution in [0, 0.1) is 17.6 Å². The summed E-state index contributed by atoms with van der Waals surface area (Å²) in [5.41, 5.74) is -6.15. The molecule has 32 heteroatoms. The molecular formula is C49H38ClF9N11O9PS. The molecular weight excluding hydrogens is 1160 g/mol. The first-order chi connectivity index (χ1) is 37.9. The van der Waals surface area contributed by atoms with E-state index in [1.54, 1.807) is 0 Å². The third-order valence-corrected chi connectivity index (χ3v) is 15.2. The van der Waals surface area contributed by atoms with E-state index in [2.05, 4.69) is 30.0 Å². The van der Waals surface area contributed by atoms with Crippen LogP contribution < -0.4 is 20.1 Å². The minimum Gasteiger partial charge on any atom is -0.344 e. The first kappa shape index (κ1) is 56.5. The Morgan fingerprint density at radius 3 is 2.37 bits per heavy atom. The summed E-state index contributed by atoms with van der Waals surface area (Å²) in [6, 6.07) is 10.5. The maximum Gasteiger partial charge on any atom is 0.469 e. The Bertz CT molecular complexity index is 4140. The van der Waals surface area contributed by atoms with Gasteiger partial charge in [-0.15, -0.1) is 0 Å². The number of phosphoric ester groups is 1. The van der Waals surface area contributed by atoms with Gasteiger partial charge in [0.05, 0.1) is 57.1 Å². The van der Waals surface area contributed by atoms with Crippen LogP contribution in [0.25, 0.3) is 38.8 Å². The number of benzene rings is 3. The normalized spacial score (nSPS) is 16.2. The number of aromatic nitrogens is 8. The van der Waals surface area contributed by atoms with E-state index >= 15 is 22.4 Å². The van der Waals surface area contributed by atoms with E-state index in [0.717, 1.165) is 46.6 Å². The van der Waals surface area contributed by atoms with Crippen LogP contribution in [-0.2, 0) is 62.6 Å². The summed E-state index contributed by atoms with van der Waals surface area (Å²) in [5, 5.41) is 9.60. The SMILES string of the molecule is CN(C(=O)N(c1nn(C)c2c(-n3c([C@H](Cc4cc(F)cc(F)c4)NC(=O)Cn4nc(C(F)F)c5c4C(F)(F)[C@@H]4C[C@H]54)nc4cc(-c5cccc(C(F)(F)F)n5)ccc4c3=O)ccc(Cl)c12)S(C)(=O)=O)c1ncccc1COP(=O)(O)O. The van der Waals surface area contributed by atoms with Gasteiger partial charge in [-0.1, -0.05) is 29.8 Å². The number of aryl methyl sites for hydroxylation is 1. The van der Waals surface area contributed by atoms with Gasteiger partial charge in [-0.2, -0.15) is 36.5 Å². The Labute approximate surface area is 454 Å². The molecule has 0 bridgehead atoms. The molecule has 5 heterocycles. The van der Waals surface area contributed by atoms with Gasteiger partial charge < -0.3 is 15.1 Å². The van der Waals surface area contributed by atoms with Crippen LogP contribution in [0.5, 0.6) is 0 Å². The zero-order chi connectivity index (χ0) is 58.6. The molecule has 3 amide bonds. The molecule has 10 rings (SSSR count). The lowest BCUT2D eigenvalue weighted by Crippen LogP contribution is -2.45. The second-order valence-electron chi connectivity index (χ2n) is 18.9. The van der Waals surface area contributed by atoms with Crippen molar-refractivity contribution in [1.29, 1.82) is 0 Å². The molecule has 5 aromatic heterocycles. The molecule has 0 radical (unpaired) electrons. The number of nitrogens with zero attached hydrogens (tertiary/aromatic N) is 10. The lowest BCUT2D eigenvalue weighted by Gasteiger charge is -2.26. The zero-order valence-electron chi connectivity index (χ0n) is 41.6. The second kappa shape index (κ2) is 20.3. The number of carbonyl (C=O) groups is 2. The fourth-order valence-electron chi connectivity index (χ4n) is 9.98. The molecule has 81 heavy (non-hydrogen) atoms. The Hall–Kier alpha value is -7.76. The smallest absolute Gasteiger partial charge is 0.344 e. The largest absolute Gasteiger partial charge is 0.469 e. The molecule has 20 nitrogen and oxygen atoms in total. The summed E-state index contributed by atoms with van der Waals surface area (Å²) >= 11 is 6.85. The molecule has 8 aromatic rings. The number of halogens is 10. The first-order valence-electron chi connectivity index (χ1n) is 23.6. The number of sulfonamides is 1. The third kappa shape index (κ3) is 10.6. The highest BCUT2D eigenvalue weighted by Crippen LogP contribution is 2.68. The van der Waals surface area contributed by atoms with Crippen molar-refractivity contribution >= 4 is 74.8 Å². The summed E-state index contributed by atoms with van der Waals surface area (Å²) < 4.78 is 178. The lowest BCUT2D eigenvalue weighted by molar-refractivity contribution is -0.141. The average Bonchev–Trinajstić information content (AvgIpc) is 4.17. The zero-order valence-corrected chi connectivity index (χ0v) is 44.0. The van der Waals surface area contributed by atoms with Gasteiger partial charge in [0.2, 0.25) is 15.9 Å². The number of alkyl halides is 7. The molecule has 3 atom stereocenters. The highest BCUT2D eigenvalue weighted by Gasteiger charge is 2.67. The van der Waals surface area contributed by atoms with Crippen molar-refractivity contribution in [1.82, 2.24) is 44.4 Å². The van der Waals surface area contributed by atoms with Gasteiger partial charge >= 0.3 is 20.0 Å². The molecule has 424 valence electrons. The summed E-state index contributed by atoms with van der Waals surface area (Å²) in [7, 11) is -7.61. The van der Waals surface area contributed by atoms with Gasteiger partial charge in [0.15, 0.2) is 5.82 Å². The van der Waals surface area contributed by atoms with Crippen LogP contribution in [0.1, 0.15) is 64.4 Å². The minimum absolute atomic E-state index is 0.0360. The quantitative estimate of drug-likeness (QED) is 0.0641. The van der Waals surface area contributed by atoms with Gasteiger partial charge in [-0.25, -0.2) is 50.3 Å². The maximum absolute atomic E-state index is 15.7. The molecule has 1 saturated carbocycles. The number of pyridine rings is 2. The van der Waals surface area contributed by atoms with Crippen LogP contribution in [0.15, 0.2) is 89.9 Å². The van der Waals surface area contributed by atoms with E-state index in [1.165, 1.54) is 49.6 Å². The van der Waals surface area contributed by atoms with Gasteiger partial charge in [0.25, 0.3) is 17.9 Å². The van der Waals surface area contributed by atoms with E-state index in [9.17, 15) is 54.3 Å². The van der Waals surface area contributed by atoms with E-state index in [-0.39, 0.29) is 71.4 Å². The number of hydrogen-bond acceptors (Lipinski definition) is 12. The fraction of sp³-hybridized carbons (Fsp3) is 0.265. The number of urea groups is 1.